The van der Waals surface area contributed by atoms with E-state index in [4.69, 9.17) is 11.6 Å². The van der Waals surface area contributed by atoms with E-state index in [9.17, 15) is 9.18 Å². The highest BCUT2D eigenvalue weighted by molar-refractivity contribution is 9.10. The number of anilines is 1. The van der Waals surface area contributed by atoms with Crippen molar-refractivity contribution < 1.29 is 9.18 Å². The molecule has 0 fully saturated rings. The van der Waals surface area contributed by atoms with Crippen LogP contribution in [0.2, 0.25) is 5.02 Å². The zero-order valence-corrected chi connectivity index (χ0v) is 19.8. The molecule has 32 heavy (non-hydrogen) atoms. The number of nitrogens with one attached hydrogen (secondary N) is 1. The second kappa shape index (κ2) is 9.26. The number of amides is 1. The first-order valence-electron chi connectivity index (χ1n) is 9.87. The predicted octanol–water partition coefficient (Wildman–Crippen LogP) is 5.60. The lowest BCUT2D eigenvalue weighted by Gasteiger charge is -2.07. The average Bonchev–Trinajstić information content (AvgIpc) is 3.23. The van der Waals surface area contributed by atoms with Crippen molar-refractivity contribution in [1.29, 1.82) is 0 Å². The molecule has 0 saturated carbocycles. The molecule has 2 aromatic carbocycles. The molecule has 2 heterocycles. The highest BCUT2D eigenvalue weighted by atomic mass is 79.9. The van der Waals surface area contributed by atoms with Gasteiger partial charge < -0.3 is 5.32 Å². The summed E-state index contributed by atoms with van der Waals surface area (Å²) >= 11 is 9.64. The SMILES string of the molecule is Cc1nn(Cc2ccc(C(=O)Nc3nn(Cc4ccc(F)cc4)cc3Br)cc2)c(C)c1Cl. The third-order valence-corrected chi connectivity index (χ3v) is 6.18. The first kappa shape index (κ1) is 22.2. The Bertz CT molecular complexity index is 1270. The fourth-order valence-corrected chi connectivity index (χ4v) is 3.83. The molecule has 4 aromatic rings. The van der Waals surface area contributed by atoms with Gasteiger partial charge in [-0.1, -0.05) is 35.9 Å². The van der Waals surface area contributed by atoms with Gasteiger partial charge in [0.1, 0.15) is 5.82 Å². The molecule has 2 aromatic heterocycles. The van der Waals surface area contributed by atoms with Crippen LogP contribution in [-0.4, -0.2) is 25.5 Å². The second-order valence-electron chi connectivity index (χ2n) is 7.44. The Hall–Kier alpha value is -2.97. The molecule has 4 rings (SSSR count). The van der Waals surface area contributed by atoms with E-state index in [1.54, 1.807) is 35.1 Å². The number of hydrogen-bond donors (Lipinski definition) is 1. The molecule has 0 saturated heterocycles. The number of halogens is 3. The van der Waals surface area contributed by atoms with Gasteiger partial charge in [-0.2, -0.15) is 10.2 Å². The van der Waals surface area contributed by atoms with Crippen LogP contribution in [0.5, 0.6) is 0 Å². The lowest BCUT2D eigenvalue weighted by molar-refractivity contribution is 0.102. The molecule has 0 atom stereocenters. The van der Waals surface area contributed by atoms with Crippen LogP contribution in [0.4, 0.5) is 10.2 Å². The van der Waals surface area contributed by atoms with Crippen LogP contribution in [-0.2, 0) is 13.1 Å². The van der Waals surface area contributed by atoms with Gasteiger partial charge in [-0.25, -0.2) is 4.39 Å². The molecule has 0 aliphatic heterocycles. The number of aryl methyl sites for hydroxylation is 1. The Morgan fingerprint density at radius 3 is 2.28 bits per heavy atom. The largest absolute Gasteiger partial charge is 0.304 e. The van der Waals surface area contributed by atoms with Crippen molar-refractivity contribution in [3.63, 3.8) is 0 Å². The van der Waals surface area contributed by atoms with Gasteiger partial charge in [0.25, 0.3) is 5.91 Å². The number of nitrogens with zero attached hydrogens (tertiary/aromatic N) is 4. The minimum absolute atomic E-state index is 0.265. The summed E-state index contributed by atoms with van der Waals surface area (Å²) in [4.78, 5) is 12.7. The molecule has 1 N–H and O–H groups in total. The average molecular weight is 517 g/mol. The van der Waals surface area contributed by atoms with Gasteiger partial charge in [0.05, 0.1) is 34.0 Å². The number of carbonyl (C=O) groups excluding carboxylic acids is 1. The van der Waals surface area contributed by atoms with Crippen molar-refractivity contribution in [2.24, 2.45) is 0 Å². The summed E-state index contributed by atoms with van der Waals surface area (Å²) in [5.74, 6) is -0.134. The van der Waals surface area contributed by atoms with Crippen LogP contribution in [0.15, 0.2) is 59.2 Å². The maximum atomic E-state index is 13.1. The topological polar surface area (TPSA) is 64.7 Å². The Kier molecular flexibility index (Phi) is 6.43. The quantitative estimate of drug-likeness (QED) is 0.363. The third-order valence-electron chi connectivity index (χ3n) is 5.05. The van der Waals surface area contributed by atoms with Crippen LogP contribution in [0.25, 0.3) is 0 Å². The smallest absolute Gasteiger partial charge is 0.256 e. The first-order valence-corrected chi connectivity index (χ1v) is 11.0. The van der Waals surface area contributed by atoms with E-state index in [0.717, 1.165) is 22.5 Å². The molecule has 164 valence electrons. The highest BCUT2D eigenvalue weighted by Crippen LogP contribution is 2.22. The summed E-state index contributed by atoms with van der Waals surface area (Å²) in [6.45, 7) is 4.83. The van der Waals surface area contributed by atoms with Crippen LogP contribution in [0.3, 0.4) is 0 Å². The van der Waals surface area contributed by atoms with Gasteiger partial charge in [-0.05, 0) is 65.2 Å². The predicted molar refractivity (Wildman–Crippen MR) is 126 cm³/mol. The first-order chi connectivity index (χ1) is 15.3. The van der Waals surface area contributed by atoms with Gasteiger partial charge in [0.15, 0.2) is 5.82 Å². The van der Waals surface area contributed by atoms with Gasteiger partial charge >= 0.3 is 0 Å². The van der Waals surface area contributed by atoms with E-state index in [1.807, 2.05) is 30.7 Å². The van der Waals surface area contributed by atoms with E-state index < -0.39 is 0 Å². The van der Waals surface area contributed by atoms with Gasteiger partial charge in [0.2, 0.25) is 0 Å². The molecule has 0 aliphatic rings. The zero-order chi connectivity index (χ0) is 22.8. The normalized spacial score (nSPS) is 11.0. The third kappa shape index (κ3) is 4.92. The monoisotopic (exact) mass is 515 g/mol. The summed E-state index contributed by atoms with van der Waals surface area (Å²) in [5.41, 5.74) is 4.13. The maximum Gasteiger partial charge on any atom is 0.256 e. The van der Waals surface area contributed by atoms with Crippen molar-refractivity contribution in [1.82, 2.24) is 19.6 Å². The number of rotatable bonds is 6. The molecular formula is C23H20BrClFN5O. The lowest BCUT2D eigenvalue weighted by Crippen LogP contribution is -2.13. The van der Waals surface area contributed by atoms with Crippen molar-refractivity contribution in [2.45, 2.75) is 26.9 Å². The molecule has 0 radical (unpaired) electrons. The lowest BCUT2D eigenvalue weighted by atomic mass is 10.1. The molecule has 9 heteroatoms. The molecule has 6 nitrogen and oxygen atoms in total. The standard InChI is InChI=1S/C23H20BrClFN5O/c1-14-21(25)15(2)31(28-14)12-17-3-7-18(8-4-17)23(32)27-22-20(24)13-30(29-22)11-16-5-9-19(26)10-6-16/h3-10,13H,11-12H2,1-2H3,(H,27,29,32). The fourth-order valence-electron chi connectivity index (χ4n) is 3.28. The van der Waals surface area contributed by atoms with Crippen LogP contribution < -0.4 is 5.32 Å². The Balaban J connectivity index is 1.42. The zero-order valence-electron chi connectivity index (χ0n) is 17.4. The Labute approximate surface area is 198 Å². The van der Waals surface area contributed by atoms with E-state index in [1.165, 1.54) is 12.1 Å². The number of benzene rings is 2. The molecule has 1 amide bonds. The molecule has 0 spiro atoms. The Morgan fingerprint density at radius 1 is 1.03 bits per heavy atom. The second-order valence-corrected chi connectivity index (χ2v) is 8.68. The number of aromatic nitrogens is 4. The summed E-state index contributed by atoms with van der Waals surface area (Å²) in [6.07, 6.45) is 1.77. The Morgan fingerprint density at radius 2 is 1.66 bits per heavy atom. The molecule has 0 bridgehead atoms. The van der Waals surface area contributed by atoms with E-state index >= 15 is 0 Å². The van der Waals surface area contributed by atoms with Crippen LogP contribution in [0.1, 0.15) is 32.9 Å². The van der Waals surface area contributed by atoms with E-state index in [2.05, 4.69) is 31.4 Å². The van der Waals surface area contributed by atoms with Crippen molar-refractivity contribution >= 4 is 39.3 Å². The van der Waals surface area contributed by atoms with Crippen molar-refractivity contribution in [2.75, 3.05) is 5.32 Å². The summed E-state index contributed by atoms with van der Waals surface area (Å²) in [6, 6.07) is 13.5. The minimum Gasteiger partial charge on any atom is -0.304 e. The van der Waals surface area contributed by atoms with E-state index in [0.29, 0.717) is 34.0 Å². The highest BCUT2D eigenvalue weighted by Gasteiger charge is 2.13. The van der Waals surface area contributed by atoms with Crippen molar-refractivity contribution in [3.05, 3.63) is 98.1 Å². The van der Waals surface area contributed by atoms with Crippen LogP contribution >= 0.6 is 27.5 Å². The summed E-state index contributed by atoms with van der Waals surface area (Å²) < 4.78 is 17.3. The van der Waals surface area contributed by atoms with Gasteiger partial charge in [-0.3, -0.25) is 14.2 Å². The summed E-state index contributed by atoms with van der Waals surface area (Å²) in [5, 5.41) is 12.3. The van der Waals surface area contributed by atoms with Crippen molar-refractivity contribution in [3.8, 4) is 0 Å². The maximum absolute atomic E-state index is 13.1. The number of hydrogen-bond acceptors (Lipinski definition) is 3. The molecular weight excluding hydrogens is 497 g/mol. The van der Waals surface area contributed by atoms with Gasteiger partial charge in [-0.15, -0.1) is 0 Å². The molecule has 0 unspecified atom stereocenters. The van der Waals surface area contributed by atoms with Crippen LogP contribution in [0, 0.1) is 19.7 Å². The summed E-state index contributed by atoms with van der Waals surface area (Å²) in [7, 11) is 0. The number of carbonyl (C=O) groups is 1. The molecule has 0 aliphatic carbocycles. The fraction of sp³-hybridized carbons (Fsp3) is 0.174. The van der Waals surface area contributed by atoms with E-state index in [-0.39, 0.29) is 11.7 Å². The minimum atomic E-state index is -0.284. The van der Waals surface area contributed by atoms with Gasteiger partial charge in [0, 0.05) is 11.8 Å².